The number of nitrogens with one attached hydrogen (secondary N) is 1. The van der Waals surface area contributed by atoms with Crippen LogP contribution in [0.25, 0.3) is 0 Å². The zero-order valence-electron chi connectivity index (χ0n) is 14.2. The molecule has 0 heterocycles. The first-order valence-electron chi connectivity index (χ1n) is 8.09. The summed E-state index contributed by atoms with van der Waals surface area (Å²) in [6.07, 6.45) is -4.90. The van der Waals surface area contributed by atoms with Crippen LogP contribution in [0.3, 0.4) is 0 Å². The second-order valence-corrected chi connectivity index (χ2v) is 5.92. The molecule has 2 aromatic rings. The van der Waals surface area contributed by atoms with Gasteiger partial charge in [-0.3, -0.25) is 4.79 Å². The minimum atomic E-state index is -4.76. The number of benzene rings is 2. The number of carbonyl (C=O) groups is 1. The Morgan fingerprint density at radius 2 is 1.73 bits per heavy atom. The monoisotopic (exact) mass is 367 g/mol. The van der Waals surface area contributed by atoms with Crippen molar-refractivity contribution in [2.75, 3.05) is 6.54 Å². The van der Waals surface area contributed by atoms with E-state index in [4.69, 9.17) is 0 Å². The van der Waals surface area contributed by atoms with E-state index in [1.54, 1.807) is 0 Å². The summed E-state index contributed by atoms with van der Waals surface area (Å²) < 4.78 is 40.1. The van der Waals surface area contributed by atoms with Gasteiger partial charge in [0, 0.05) is 13.0 Å². The molecule has 2 rings (SSSR count). The number of aryl methyl sites for hydroxylation is 2. The molecule has 1 amide bonds. The van der Waals surface area contributed by atoms with E-state index >= 15 is 0 Å². The van der Waals surface area contributed by atoms with Crippen LogP contribution in [0, 0.1) is 6.92 Å². The lowest BCUT2D eigenvalue weighted by molar-refractivity contribution is -0.274. The molecule has 2 N–H and O–H groups in total. The number of amides is 1. The van der Waals surface area contributed by atoms with Crippen LogP contribution in [-0.4, -0.2) is 23.9 Å². The van der Waals surface area contributed by atoms with Crippen LogP contribution in [0.15, 0.2) is 48.5 Å². The molecule has 7 heteroatoms. The lowest BCUT2D eigenvalue weighted by atomic mass is 10.1. The van der Waals surface area contributed by atoms with E-state index in [-0.39, 0.29) is 24.6 Å². The maximum Gasteiger partial charge on any atom is 0.573 e. The van der Waals surface area contributed by atoms with Crippen molar-refractivity contribution in [1.29, 1.82) is 0 Å². The summed E-state index contributed by atoms with van der Waals surface area (Å²) in [5.41, 5.74) is 2.58. The predicted octanol–water partition coefficient (Wildman–Crippen LogP) is 3.68. The normalized spacial score (nSPS) is 12.5. The Hall–Kier alpha value is -2.54. The fraction of sp³-hybridized carbons (Fsp3) is 0.316. The number of carbonyl (C=O) groups excluding carboxylic acids is 1. The van der Waals surface area contributed by atoms with Crippen molar-refractivity contribution in [2.24, 2.45) is 0 Å². The Bertz CT molecular complexity index is 712. The van der Waals surface area contributed by atoms with Gasteiger partial charge in [-0.1, -0.05) is 42.0 Å². The zero-order chi connectivity index (χ0) is 19.2. The largest absolute Gasteiger partial charge is 0.573 e. The van der Waals surface area contributed by atoms with E-state index in [9.17, 15) is 23.1 Å². The molecular formula is C19H20F3NO3. The molecule has 0 aliphatic heterocycles. The summed E-state index contributed by atoms with van der Waals surface area (Å²) in [7, 11) is 0. The Morgan fingerprint density at radius 3 is 2.31 bits per heavy atom. The molecule has 0 saturated carbocycles. The Kier molecular flexibility index (Phi) is 6.63. The van der Waals surface area contributed by atoms with Crippen molar-refractivity contribution in [3.05, 3.63) is 65.2 Å². The second-order valence-electron chi connectivity index (χ2n) is 5.92. The quantitative estimate of drug-likeness (QED) is 0.785. The average molecular weight is 367 g/mol. The molecule has 0 spiro atoms. The standard InChI is InChI=1S/C19H20F3NO3/c1-13-2-4-14(5-3-13)6-11-18(25)23-12-17(24)15-7-9-16(10-8-15)26-19(20,21)22/h2-5,7-10,17,24H,6,11-12H2,1H3,(H,23,25). The molecule has 2 aromatic carbocycles. The number of hydrogen-bond acceptors (Lipinski definition) is 3. The average Bonchev–Trinajstić information content (AvgIpc) is 2.58. The fourth-order valence-electron chi connectivity index (χ4n) is 2.32. The number of aliphatic hydroxyl groups is 1. The van der Waals surface area contributed by atoms with Crippen LogP contribution >= 0.6 is 0 Å². The molecule has 0 fully saturated rings. The minimum Gasteiger partial charge on any atom is -0.406 e. The van der Waals surface area contributed by atoms with Crippen molar-refractivity contribution < 1.29 is 27.8 Å². The predicted molar refractivity (Wildman–Crippen MR) is 90.6 cm³/mol. The summed E-state index contributed by atoms with van der Waals surface area (Å²) in [6.45, 7) is 1.96. The third-order valence-electron chi connectivity index (χ3n) is 3.75. The molecular weight excluding hydrogens is 347 g/mol. The Labute approximate surface area is 149 Å². The Balaban J connectivity index is 1.77. The number of halogens is 3. The first-order valence-corrected chi connectivity index (χ1v) is 8.09. The van der Waals surface area contributed by atoms with E-state index in [0.717, 1.165) is 23.3 Å². The van der Waals surface area contributed by atoms with E-state index in [2.05, 4.69) is 10.1 Å². The van der Waals surface area contributed by atoms with E-state index in [0.29, 0.717) is 12.0 Å². The highest BCUT2D eigenvalue weighted by molar-refractivity contribution is 5.76. The van der Waals surface area contributed by atoms with Crippen LogP contribution in [0.1, 0.15) is 29.2 Å². The number of alkyl halides is 3. The lowest BCUT2D eigenvalue weighted by Gasteiger charge is -2.14. The molecule has 4 nitrogen and oxygen atoms in total. The van der Waals surface area contributed by atoms with Crippen LogP contribution in [0.5, 0.6) is 5.75 Å². The number of hydrogen-bond donors (Lipinski definition) is 2. The zero-order valence-corrected chi connectivity index (χ0v) is 14.2. The smallest absolute Gasteiger partial charge is 0.406 e. The maximum atomic E-state index is 12.1. The van der Waals surface area contributed by atoms with Gasteiger partial charge >= 0.3 is 6.36 Å². The van der Waals surface area contributed by atoms with Gasteiger partial charge in [-0.15, -0.1) is 13.2 Å². The Morgan fingerprint density at radius 1 is 1.12 bits per heavy atom. The topological polar surface area (TPSA) is 58.6 Å². The summed E-state index contributed by atoms with van der Waals surface area (Å²) in [5, 5.41) is 12.6. The van der Waals surface area contributed by atoms with Gasteiger partial charge in [0.05, 0.1) is 6.10 Å². The third-order valence-corrected chi connectivity index (χ3v) is 3.75. The minimum absolute atomic E-state index is 0.0216. The van der Waals surface area contributed by atoms with Gasteiger partial charge in [0.1, 0.15) is 5.75 Å². The van der Waals surface area contributed by atoms with Gasteiger partial charge < -0.3 is 15.2 Å². The van der Waals surface area contributed by atoms with Gasteiger partial charge in [0.2, 0.25) is 5.91 Å². The molecule has 0 saturated heterocycles. The molecule has 1 atom stereocenters. The first-order chi connectivity index (χ1) is 12.2. The van der Waals surface area contributed by atoms with Gasteiger partial charge in [0.25, 0.3) is 0 Å². The molecule has 0 radical (unpaired) electrons. The summed E-state index contributed by atoms with van der Waals surface area (Å²) >= 11 is 0. The van der Waals surface area contributed by atoms with Crippen LogP contribution in [0.4, 0.5) is 13.2 Å². The van der Waals surface area contributed by atoms with Gasteiger partial charge in [-0.05, 0) is 36.6 Å². The highest BCUT2D eigenvalue weighted by Crippen LogP contribution is 2.24. The third kappa shape index (κ3) is 6.76. The molecule has 0 aliphatic carbocycles. The van der Waals surface area contributed by atoms with Gasteiger partial charge in [0.15, 0.2) is 0 Å². The van der Waals surface area contributed by atoms with Crippen molar-refractivity contribution >= 4 is 5.91 Å². The van der Waals surface area contributed by atoms with Crippen LogP contribution in [-0.2, 0) is 11.2 Å². The van der Waals surface area contributed by atoms with Crippen LogP contribution in [0.2, 0.25) is 0 Å². The number of aliphatic hydroxyl groups excluding tert-OH is 1. The molecule has 0 aromatic heterocycles. The lowest BCUT2D eigenvalue weighted by Crippen LogP contribution is -2.28. The summed E-state index contributed by atoms with van der Waals surface area (Å²) in [6, 6.07) is 12.8. The SMILES string of the molecule is Cc1ccc(CCC(=O)NCC(O)c2ccc(OC(F)(F)F)cc2)cc1. The van der Waals surface area contributed by atoms with Gasteiger partial charge in [-0.2, -0.15) is 0 Å². The van der Waals surface area contributed by atoms with E-state index in [1.807, 2.05) is 31.2 Å². The first kappa shape index (κ1) is 19.8. The number of ether oxygens (including phenoxy) is 1. The molecule has 0 aliphatic rings. The highest BCUT2D eigenvalue weighted by Gasteiger charge is 2.31. The summed E-state index contributed by atoms with van der Waals surface area (Å²) in [5.74, 6) is -0.572. The van der Waals surface area contributed by atoms with Crippen molar-refractivity contribution in [2.45, 2.75) is 32.2 Å². The second kappa shape index (κ2) is 8.71. The highest BCUT2D eigenvalue weighted by atomic mass is 19.4. The van der Waals surface area contributed by atoms with E-state index in [1.165, 1.54) is 12.1 Å². The molecule has 26 heavy (non-hydrogen) atoms. The van der Waals surface area contributed by atoms with Crippen LogP contribution < -0.4 is 10.1 Å². The van der Waals surface area contributed by atoms with Crippen molar-refractivity contribution in [1.82, 2.24) is 5.32 Å². The van der Waals surface area contributed by atoms with Gasteiger partial charge in [-0.25, -0.2) is 0 Å². The fourth-order valence-corrected chi connectivity index (χ4v) is 2.32. The van der Waals surface area contributed by atoms with Crippen molar-refractivity contribution in [3.8, 4) is 5.75 Å². The molecule has 1 unspecified atom stereocenters. The summed E-state index contributed by atoms with van der Waals surface area (Å²) in [4.78, 5) is 11.9. The molecule has 140 valence electrons. The van der Waals surface area contributed by atoms with E-state index < -0.39 is 12.5 Å². The number of rotatable bonds is 7. The maximum absolute atomic E-state index is 12.1. The molecule has 0 bridgehead atoms. The van der Waals surface area contributed by atoms with Crippen molar-refractivity contribution in [3.63, 3.8) is 0 Å².